The Labute approximate surface area is 109 Å². The summed E-state index contributed by atoms with van der Waals surface area (Å²) in [5.41, 5.74) is 0. The van der Waals surface area contributed by atoms with Gasteiger partial charge in [0.1, 0.15) is 14.1 Å². The Hall–Kier alpha value is -1.22. The minimum absolute atomic E-state index is 0.361. The van der Waals surface area contributed by atoms with Gasteiger partial charge >= 0.3 is 0 Å². The van der Waals surface area contributed by atoms with Gasteiger partial charge in [-0.3, -0.25) is 0 Å². The number of nitrogens with zero attached hydrogens (tertiary/aromatic N) is 4. The first-order valence-corrected chi connectivity index (χ1v) is 5.33. The second kappa shape index (κ2) is 6.64. The molecule has 0 N–H and O–H groups in total. The molecule has 2 atom stereocenters. The average molecular weight is 260 g/mol. The topological polar surface area (TPSA) is 34.2 Å². The lowest BCUT2D eigenvalue weighted by Gasteiger charge is -2.31. The fourth-order valence-corrected chi connectivity index (χ4v) is 1.10. The number of rotatable bonds is 9. The van der Waals surface area contributed by atoms with E-state index >= 15 is 0 Å². The molecule has 2 unspecified atom stereocenters. The van der Waals surface area contributed by atoms with Gasteiger partial charge in [0.25, 0.3) is 0 Å². The van der Waals surface area contributed by atoms with Crippen LogP contribution in [0.2, 0.25) is 0 Å². The Balaban J connectivity index is 4.90. The molecule has 0 bridgehead atoms. The van der Waals surface area contributed by atoms with E-state index in [9.17, 15) is 0 Å². The molecule has 0 rings (SSSR count). The van der Waals surface area contributed by atoms with Gasteiger partial charge in [-0.15, -0.1) is 5.06 Å². The van der Waals surface area contributed by atoms with Crippen molar-refractivity contribution in [3.8, 4) is 0 Å². The quantitative estimate of drug-likeness (QED) is 0.462. The number of hydrogen-bond acceptors (Lipinski definition) is 5. The van der Waals surface area contributed by atoms with Crippen LogP contribution in [0.5, 0.6) is 0 Å². The SMILES string of the molecule is C=CN(C)O[N+](C)(C=C)O[N+](C)(C=C)ON(C)C. The van der Waals surface area contributed by atoms with Crippen LogP contribution >= 0.6 is 0 Å². The molecule has 104 valence electrons. The van der Waals surface area contributed by atoms with Crippen molar-refractivity contribution in [2.24, 2.45) is 0 Å². The van der Waals surface area contributed by atoms with Crippen molar-refractivity contribution in [2.75, 3.05) is 35.2 Å². The normalized spacial score (nSPS) is 17.7. The standard InChI is InChI=1S/C11H24N4O3/c1-9-13(6)17-15(8,11-3)18-14(7,10-2)16-12(4)5/h9-11H,1-3H2,4-8H3/q+2. The number of quaternary nitrogens is 2. The van der Waals surface area contributed by atoms with E-state index in [1.807, 2.05) is 0 Å². The summed E-state index contributed by atoms with van der Waals surface area (Å²) in [6.45, 7) is 10.9. The molecule has 0 fully saturated rings. The second-order valence-corrected chi connectivity index (χ2v) is 3.97. The summed E-state index contributed by atoms with van der Waals surface area (Å²) in [7, 11) is 8.45. The summed E-state index contributed by atoms with van der Waals surface area (Å²) in [5.74, 6) is 0. The maximum Gasteiger partial charge on any atom is 0.165 e. The first kappa shape index (κ1) is 16.8. The molecule has 18 heavy (non-hydrogen) atoms. The van der Waals surface area contributed by atoms with E-state index < -0.39 is 0 Å². The van der Waals surface area contributed by atoms with E-state index in [0.29, 0.717) is 0 Å². The largest absolute Gasteiger partial charge is 0.208 e. The molecule has 7 nitrogen and oxygen atoms in total. The Morgan fingerprint density at radius 3 is 1.67 bits per heavy atom. The highest BCUT2D eigenvalue weighted by molar-refractivity contribution is 4.55. The highest BCUT2D eigenvalue weighted by Gasteiger charge is 2.41. The summed E-state index contributed by atoms with van der Waals surface area (Å²) in [6.07, 6.45) is 4.42. The highest BCUT2D eigenvalue weighted by atomic mass is 17.2. The summed E-state index contributed by atoms with van der Waals surface area (Å²) >= 11 is 0. The van der Waals surface area contributed by atoms with E-state index in [1.165, 1.54) is 28.7 Å². The fraction of sp³-hybridized carbons (Fsp3) is 0.455. The first-order valence-electron chi connectivity index (χ1n) is 5.33. The van der Waals surface area contributed by atoms with Gasteiger partial charge in [-0.25, -0.2) is 5.06 Å². The zero-order chi connectivity index (χ0) is 14.4. The molecular formula is C11H24N4O3+2. The Bertz CT molecular complexity index is 311. The van der Waals surface area contributed by atoms with Crippen molar-refractivity contribution in [3.05, 3.63) is 38.3 Å². The van der Waals surface area contributed by atoms with Gasteiger partial charge in [0.15, 0.2) is 12.4 Å². The third-order valence-corrected chi connectivity index (χ3v) is 1.86. The molecule has 0 aliphatic carbocycles. The Kier molecular flexibility index (Phi) is 6.19. The van der Waals surface area contributed by atoms with Gasteiger partial charge in [-0.1, -0.05) is 11.5 Å². The van der Waals surface area contributed by atoms with Crippen molar-refractivity contribution < 1.29 is 24.4 Å². The zero-order valence-corrected chi connectivity index (χ0v) is 11.9. The lowest BCUT2D eigenvalue weighted by Crippen LogP contribution is -2.54. The van der Waals surface area contributed by atoms with Crippen LogP contribution < -0.4 is 0 Å². The fourth-order valence-electron chi connectivity index (χ4n) is 1.10. The maximum absolute atomic E-state index is 5.67. The van der Waals surface area contributed by atoms with Crippen LogP contribution in [-0.2, 0) is 14.8 Å². The zero-order valence-electron chi connectivity index (χ0n) is 11.9. The summed E-state index contributed by atoms with van der Waals surface area (Å²) < 4.78 is 0. The average Bonchev–Trinajstić information content (AvgIpc) is 2.27. The van der Waals surface area contributed by atoms with Crippen LogP contribution in [0.15, 0.2) is 38.3 Å². The summed E-state index contributed by atoms with van der Waals surface area (Å²) in [5, 5.41) is 2.89. The maximum atomic E-state index is 5.67. The molecule has 0 aromatic carbocycles. The van der Waals surface area contributed by atoms with Crippen molar-refractivity contribution in [1.82, 2.24) is 10.1 Å². The molecule has 0 radical (unpaired) electrons. The van der Waals surface area contributed by atoms with Crippen LogP contribution in [0.3, 0.4) is 0 Å². The molecule has 0 amide bonds. The Morgan fingerprint density at radius 2 is 1.33 bits per heavy atom. The van der Waals surface area contributed by atoms with Gasteiger partial charge in [0, 0.05) is 27.3 Å². The van der Waals surface area contributed by atoms with Crippen LogP contribution in [0.4, 0.5) is 0 Å². The minimum atomic E-state index is -0.390. The third-order valence-electron chi connectivity index (χ3n) is 1.86. The predicted octanol–water partition coefficient (Wildman–Crippen LogP) is 1.34. The molecule has 0 aliphatic heterocycles. The molecule has 0 heterocycles. The lowest BCUT2D eigenvalue weighted by atomic mass is 10.9. The van der Waals surface area contributed by atoms with E-state index in [0.717, 1.165) is 0 Å². The van der Waals surface area contributed by atoms with Crippen LogP contribution in [0, 0.1) is 0 Å². The van der Waals surface area contributed by atoms with E-state index in [2.05, 4.69) is 19.7 Å². The van der Waals surface area contributed by atoms with E-state index in [4.69, 9.17) is 14.8 Å². The molecule has 0 aromatic rings. The van der Waals surface area contributed by atoms with Crippen molar-refractivity contribution >= 4 is 0 Å². The van der Waals surface area contributed by atoms with Gasteiger partial charge in [0.2, 0.25) is 0 Å². The molecule has 0 aromatic heterocycles. The van der Waals surface area contributed by atoms with Crippen molar-refractivity contribution in [1.29, 1.82) is 0 Å². The van der Waals surface area contributed by atoms with Crippen molar-refractivity contribution in [3.63, 3.8) is 0 Å². The predicted molar refractivity (Wildman–Crippen MR) is 67.7 cm³/mol. The second-order valence-electron chi connectivity index (χ2n) is 3.97. The molecule has 0 spiro atoms. The Morgan fingerprint density at radius 1 is 0.889 bits per heavy atom. The summed E-state index contributed by atoms with van der Waals surface area (Å²) in [4.78, 5) is 15.8. The number of hydroxylamine groups is 12. The van der Waals surface area contributed by atoms with Crippen LogP contribution in [0.1, 0.15) is 0 Å². The lowest BCUT2D eigenvalue weighted by molar-refractivity contribution is -1.44. The third kappa shape index (κ3) is 5.41. The minimum Gasteiger partial charge on any atom is -0.208 e. The molecule has 0 saturated heterocycles. The first-order chi connectivity index (χ1) is 8.20. The summed E-state index contributed by atoms with van der Waals surface area (Å²) in [6, 6.07) is 0. The van der Waals surface area contributed by atoms with Gasteiger partial charge < -0.3 is 0 Å². The van der Waals surface area contributed by atoms with Gasteiger partial charge in [-0.05, 0) is 18.1 Å². The molecular weight excluding hydrogens is 236 g/mol. The number of hydrogen-bond donors (Lipinski definition) is 0. The molecule has 0 aliphatic rings. The highest BCUT2D eigenvalue weighted by Crippen LogP contribution is 2.18. The molecule has 0 saturated carbocycles. The van der Waals surface area contributed by atoms with E-state index in [-0.39, 0.29) is 9.62 Å². The van der Waals surface area contributed by atoms with Crippen LogP contribution in [0.25, 0.3) is 0 Å². The van der Waals surface area contributed by atoms with Crippen LogP contribution in [-0.4, -0.2) is 55.0 Å². The van der Waals surface area contributed by atoms with E-state index in [1.54, 1.807) is 35.2 Å². The van der Waals surface area contributed by atoms with Crippen molar-refractivity contribution in [2.45, 2.75) is 0 Å². The molecule has 7 heteroatoms. The monoisotopic (exact) mass is 260 g/mol. The van der Waals surface area contributed by atoms with Gasteiger partial charge in [0.05, 0.1) is 14.6 Å². The smallest absolute Gasteiger partial charge is 0.165 e. The van der Waals surface area contributed by atoms with Gasteiger partial charge in [-0.2, -0.15) is 0 Å².